The number of hydrogen-bond donors (Lipinski definition) is 3. The molecule has 1 aromatic carbocycles. The zero-order valence-corrected chi connectivity index (χ0v) is 11.9. The first kappa shape index (κ1) is 15.1. The SMILES string of the molecule is CN(CC(O)COc1cccc(N)c1)CC1CC(O)C1. The van der Waals surface area contributed by atoms with Crippen LogP contribution in [0.1, 0.15) is 12.8 Å². The average molecular weight is 280 g/mol. The van der Waals surface area contributed by atoms with Crippen LogP contribution in [0.25, 0.3) is 0 Å². The number of nitrogens with zero attached hydrogens (tertiary/aromatic N) is 1. The molecular weight excluding hydrogens is 256 g/mol. The molecule has 1 aliphatic carbocycles. The van der Waals surface area contributed by atoms with Gasteiger partial charge in [0.2, 0.25) is 0 Å². The maximum Gasteiger partial charge on any atom is 0.121 e. The largest absolute Gasteiger partial charge is 0.491 e. The van der Waals surface area contributed by atoms with Crippen LogP contribution in [-0.2, 0) is 0 Å². The summed E-state index contributed by atoms with van der Waals surface area (Å²) in [7, 11) is 1.98. The van der Waals surface area contributed by atoms with Crippen molar-refractivity contribution in [1.82, 2.24) is 4.90 Å². The molecule has 5 heteroatoms. The molecule has 1 fully saturated rings. The number of aliphatic hydroxyl groups is 2. The first-order valence-electron chi connectivity index (χ1n) is 7.06. The van der Waals surface area contributed by atoms with Crippen molar-refractivity contribution in [3.8, 4) is 5.75 Å². The van der Waals surface area contributed by atoms with E-state index in [1.54, 1.807) is 12.1 Å². The molecule has 2 rings (SSSR count). The van der Waals surface area contributed by atoms with Crippen molar-refractivity contribution in [2.24, 2.45) is 5.92 Å². The zero-order valence-electron chi connectivity index (χ0n) is 11.9. The van der Waals surface area contributed by atoms with Gasteiger partial charge in [-0.05, 0) is 37.9 Å². The molecule has 0 bridgehead atoms. The van der Waals surface area contributed by atoms with Crippen LogP contribution in [0.2, 0.25) is 0 Å². The van der Waals surface area contributed by atoms with E-state index in [9.17, 15) is 10.2 Å². The van der Waals surface area contributed by atoms with Gasteiger partial charge in [0.25, 0.3) is 0 Å². The summed E-state index contributed by atoms with van der Waals surface area (Å²) in [6, 6.07) is 7.18. The minimum Gasteiger partial charge on any atom is -0.491 e. The van der Waals surface area contributed by atoms with E-state index in [1.165, 1.54) is 0 Å². The lowest BCUT2D eigenvalue weighted by molar-refractivity contribution is 0.0162. The molecule has 4 N–H and O–H groups in total. The summed E-state index contributed by atoms with van der Waals surface area (Å²) in [4.78, 5) is 2.09. The number of nitrogens with two attached hydrogens (primary N) is 1. The first-order valence-corrected chi connectivity index (χ1v) is 7.06. The highest BCUT2D eigenvalue weighted by Gasteiger charge is 2.28. The standard InChI is InChI=1S/C15H24N2O3/c1-17(8-11-5-13(18)6-11)9-14(19)10-20-15-4-2-3-12(16)7-15/h2-4,7,11,13-14,18-19H,5-6,8-10,16H2,1H3. The lowest BCUT2D eigenvalue weighted by Crippen LogP contribution is -2.40. The van der Waals surface area contributed by atoms with Crippen molar-refractivity contribution in [3.05, 3.63) is 24.3 Å². The Kier molecular flexibility index (Phi) is 5.23. The molecule has 1 aromatic rings. The fourth-order valence-electron chi connectivity index (χ4n) is 2.57. The van der Waals surface area contributed by atoms with E-state index < -0.39 is 6.10 Å². The lowest BCUT2D eigenvalue weighted by Gasteiger charge is -2.35. The molecule has 1 unspecified atom stereocenters. The minimum atomic E-state index is -0.536. The molecule has 1 aliphatic rings. The van der Waals surface area contributed by atoms with Gasteiger partial charge in [-0.15, -0.1) is 0 Å². The zero-order chi connectivity index (χ0) is 14.5. The molecule has 1 saturated carbocycles. The second-order valence-corrected chi connectivity index (χ2v) is 5.75. The fraction of sp³-hybridized carbons (Fsp3) is 0.600. The molecule has 1 atom stereocenters. The third kappa shape index (κ3) is 4.67. The average Bonchev–Trinajstić information content (AvgIpc) is 2.34. The van der Waals surface area contributed by atoms with Crippen molar-refractivity contribution in [2.75, 3.05) is 32.5 Å². The summed E-state index contributed by atoms with van der Waals surface area (Å²) >= 11 is 0. The van der Waals surface area contributed by atoms with Gasteiger partial charge in [-0.3, -0.25) is 0 Å². The van der Waals surface area contributed by atoms with Crippen LogP contribution < -0.4 is 10.5 Å². The van der Waals surface area contributed by atoms with Gasteiger partial charge >= 0.3 is 0 Å². The van der Waals surface area contributed by atoms with Crippen molar-refractivity contribution in [1.29, 1.82) is 0 Å². The summed E-state index contributed by atoms with van der Waals surface area (Å²) in [5.41, 5.74) is 6.31. The van der Waals surface area contributed by atoms with Gasteiger partial charge in [0.1, 0.15) is 18.5 Å². The predicted molar refractivity (Wildman–Crippen MR) is 78.6 cm³/mol. The van der Waals surface area contributed by atoms with E-state index in [-0.39, 0.29) is 12.7 Å². The van der Waals surface area contributed by atoms with Crippen LogP contribution in [0.15, 0.2) is 24.3 Å². The molecule has 0 aromatic heterocycles. The van der Waals surface area contributed by atoms with Crippen LogP contribution in [0.3, 0.4) is 0 Å². The first-order chi connectivity index (χ1) is 9.52. The Labute approximate surface area is 120 Å². The molecule has 0 aliphatic heterocycles. The normalized spacial score (nSPS) is 23.4. The Bertz CT molecular complexity index is 421. The monoisotopic (exact) mass is 280 g/mol. The summed E-state index contributed by atoms with van der Waals surface area (Å²) in [6.07, 6.45) is 1.09. The molecule has 0 heterocycles. The van der Waals surface area contributed by atoms with Crippen LogP contribution >= 0.6 is 0 Å². The van der Waals surface area contributed by atoms with E-state index in [2.05, 4.69) is 4.90 Å². The number of likely N-dealkylation sites (N-methyl/N-ethyl adjacent to an activating group) is 1. The van der Waals surface area contributed by atoms with Crippen molar-refractivity contribution in [3.63, 3.8) is 0 Å². The highest BCUT2D eigenvalue weighted by molar-refractivity contribution is 5.43. The van der Waals surface area contributed by atoms with Crippen molar-refractivity contribution >= 4 is 5.69 Å². The number of nitrogen functional groups attached to an aromatic ring is 1. The van der Waals surface area contributed by atoms with E-state index in [1.807, 2.05) is 19.2 Å². The van der Waals surface area contributed by atoms with E-state index >= 15 is 0 Å². The fourth-order valence-corrected chi connectivity index (χ4v) is 2.57. The van der Waals surface area contributed by atoms with Crippen LogP contribution in [0, 0.1) is 5.92 Å². The molecular formula is C15H24N2O3. The number of benzene rings is 1. The number of anilines is 1. The van der Waals surface area contributed by atoms with E-state index in [0.717, 1.165) is 19.4 Å². The molecule has 0 spiro atoms. The van der Waals surface area contributed by atoms with E-state index in [0.29, 0.717) is 23.9 Å². The Morgan fingerprint density at radius 2 is 2.20 bits per heavy atom. The second-order valence-electron chi connectivity index (χ2n) is 5.75. The second kappa shape index (κ2) is 6.92. The smallest absolute Gasteiger partial charge is 0.121 e. The van der Waals surface area contributed by atoms with Gasteiger partial charge in [0, 0.05) is 24.8 Å². The highest BCUT2D eigenvalue weighted by Crippen LogP contribution is 2.27. The van der Waals surface area contributed by atoms with Crippen LogP contribution in [0.4, 0.5) is 5.69 Å². The Morgan fingerprint density at radius 3 is 2.85 bits per heavy atom. The van der Waals surface area contributed by atoms with Crippen molar-refractivity contribution < 1.29 is 14.9 Å². The molecule has 112 valence electrons. The van der Waals surface area contributed by atoms with Gasteiger partial charge in [0.05, 0.1) is 6.10 Å². The molecule has 0 amide bonds. The lowest BCUT2D eigenvalue weighted by atomic mass is 9.82. The summed E-state index contributed by atoms with van der Waals surface area (Å²) in [5.74, 6) is 1.23. The number of aliphatic hydroxyl groups excluding tert-OH is 2. The van der Waals surface area contributed by atoms with Crippen LogP contribution in [0.5, 0.6) is 5.75 Å². The maximum atomic E-state index is 9.96. The molecule has 20 heavy (non-hydrogen) atoms. The highest BCUT2D eigenvalue weighted by atomic mass is 16.5. The topological polar surface area (TPSA) is 79.0 Å². The Hall–Kier alpha value is -1.30. The van der Waals surface area contributed by atoms with Gasteiger partial charge in [0.15, 0.2) is 0 Å². The summed E-state index contributed by atoms with van der Waals surface area (Å²) in [5, 5.41) is 19.2. The molecule has 0 radical (unpaired) electrons. The van der Waals surface area contributed by atoms with Gasteiger partial charge in [-0.1, -0.05) is 6.07 Å². The quantitative estimate of drug-likeness (QED) is 0.641. The minimum absolute atomic E-state index is 0.120. The number of hydrogen-bond acceptors (Lipinski definition) is 5. The number of rotatable bonds is 7. The van der Waals surface area contributed by atoms with Gasteiger partial charge in [-0.25, -0.2) is 0 Å². The maximum absolute atomic E-state index is 9.96. The number of ether oxygens (including phenoxy) is 1. The Balaban J connectivity index is 1.65. The van der Waals surface area contributed by atoms with Crippen molar-refractivity contribution in [2.45, 2.75) is 25.0 Å². The van der Waals surface area contributed by atoms with Crippen LogP contribution in [-0.4, -0.2) is 54.1 Å². The Morgan fingerprint density at radius 1 is 1.45 bits per heavy atom. The molecule has 5 nitrogen and oxygen atoms in total. The van der Waals surface area contributed by atoms with Gasteiger partial charge < -0.3 is 25.6 Å². The molecule has 0 saturated heterocycles. The third-order valence-electron chi connectivity index (χ3n) is 3.60. The predicted octanol–water partition coefficient (Wildman–Crippen LogP) is 0.711. The summed E-state index contributed by atoms with van der Waals surface area (Å²) < 4.78 is 5.52. The summed E-state index contributed by atoms with van der Waals surface area (Å²) in [6.45, 7) is 1.72. The van der Waals surface area contributed by atoms with Gasteiger partial charge in [-0.2, -0.15) is 0 Å². The van der Waals surface area contributed by atoms with E-state index in [4.69, 9.17) is 10.5 Å². The third-order valence-corrected chi connectivity index (χ3v) is 3.60.